The first-order chi connectivity index (χ1) is 8.29. The predicted molar refractivity (Wildman–Crippen MR) is 67.3 cm³/mol. The third kappa shape index (κ3) is 3.17. The highest BCUT2D eigenvalue weighted by Crippen LogP contribution is 2.06. The quantitative estimate of drug-likeness (QED) is 0.775. The zero-order valence-electron chi connectivity index (χ0n) is 10.3. The van der Waals surface area contributed by atoms with Crippen molar-refractivity contribution in [2.75, 3.05) is 25.1 Å². The minimum absolute atomic E-state index is 0.673. The summed E-state index contributed by atoms with van der Waals surface area (Å²) in [6.45, 7) is 6.41. The van der Waals surface area contributed by atoms with Gasteiger partial charge >= 0.3 is 0 Å². The van der Waals surface area contributed by atoms with Crippen molar-refractivity contribution >= 4 is 11.6 Å². The molecule has 2 aromatic rings. The number of hydrogen-bond acceptors (Lipinski definition) is 4. The van der Waals surface area contributed by atoms with Crippen molar-refractivity contribution in [1.82, 2.24) is 14.6 Å². The number of ether oxygens (including phenoxy) is 1. The second kappa shape index (κ2) is 5.63. The first kappa shape index (κ1) is 11.9. The third-order valence-electron chi connectivity index (χ3n) is 2.43. The molecular weight excluding hydrogens is 216 g/mol. The first-order valence-electron chi connectivity index (χ1n) is 5.94. The molecule has 5 heteroatoms. The Morgan fingerprint density at radius 2 is 2.29 bits per heavy atom. The molecular formula is C12H18N4O. The Kier molecular flexibility index (Phi) is 3.93. The number of pyridine rings is 1. The molecule has 0 amide bonds. The molecule has 0 aliphatic carbocycles. The number of fused-ring (bicyclic) bond motifs is 1. The minimum Gasteiger partial charge on any atom is -0.382 e. The van der Waals surface area contributed by atoms with Crippen LogP contribution in [0.4, 0.5) is 5.95 Å². The molecule has 1 N–H and O–H groups in total. The lowest BCUT2D eigenvalue weighted by Crippen LogP contribution is -2.06. The number of nitrogens with one attached hydrogen (secondary N) is 1. The third-order valence-corrected chi connectivity index (χ3v) is 2.43. The highest BCUT2D eigenvalue weighted by Gasteiger charge is 2.01. The Morgan fingerprint density at radius 3 is 3.12 bits per heavy atom. The summed E-state index contributed by atoms with van der Waals surface area (Å²) in [5, 5.41) is 7.53. The lowest BCUT2D eigenvalue weighted by molar-refractivity contribution is 0.147. The molecule has 0 atom stereocenters. The monoisotopic (exact) mass is 234 g/mol. The molecule has 2 rings (SSSR count). The maximum Gasteiger partial charge on any atom is 0.243 e. The molecule has 0 aliphatic rings. The Bertz CT molecular complexity index is 480. The summed E-state index contributed by atoms with van der Waals surface area (Å²) in [7, 11) is 0. The molecule has 0 fully saturated rings. The van der Waals surface area contributed by atoms with Gasteiger partial charge in [0.05, 0.1) is 0 Å². The van der Waals surface area contributed by atoms with E-state index in [2.05, 4.69) is 15.4 Å². The minimum atomic E-state index is 0.673. The van der Waals surface area contributed by atoms with E-state index >= 15 is 0 Å². The van der Waals surface area contributed by atoms with Crippen LogP contribution < -0.4 is 5.32 Å². The van der Waals surface area contributed by atoms with Crippen LogP contribution in [0, 0.1) is 6.92 Å². The normalized spacial score (nSPS) is 10.9. The molecule has 0 aliphatic heterocycles. The maximum atomic E-state index is 5.26. The van der Waals surface area contributed by atoms with E-state index in [-0.39, 0.29) is 0 Å². The van der Waals surface area contributed by atoms with E-state index in [1.807, 2.05) is 32.2 Å². The highest BCUT2D eigenvalue weighted by atomic mass is 16.5. The van der Waals surface area contributed by atoms with Gasteiger partial charge in [-0.15, -0.1) is 5.10 Å². The Labute approximate surface area is 101 Å². The molecule has 0 spiro atoms. The Hall–Kier alpha value is -1.62. The van der Waals surface area contributed by atoms with Crippen LogP contribution in [0.1, 0.15) is 18.9 Å². The van der Waals surface area contributed by atoms with Gasteiger partial charge < -0.3 is 10.1 Å². The van der Waals surface area contributed by atoms with Crippen LogP contribution in [-0.2, 0) is 4.74 Å². The number of aromatic nitrogens is 3. The zero-order chi connectivity index (χ0) is 12.1. The largest absolute Gasteiger partial charge is 0.382 e. The van der Waals surface area contributed by atoms with E-state index in [9.17, 15) is 0 Å². The van der Waals surface area contributed by atoms with Crippen molar-refractivity contribution < 1.29 is 4.74 Å². The molecule has 0 saturated carbocycles. The van der Waals surface area contributed by atoms with Gasteiger partial charge in [-0.2, -0.15) is 4.98 Å². The van der Waals surface area contributed by atoms with Crippen LogP contribution in [0.25, 0.3) is 5.65 Å². The molecule has 5 nitrogen and oxygen atoms in total. The summed E-state index contributed by atoms with van der Waals surface area (Å²) in [6, 6.07) is 4.00. The number of anilines is 1. The molecule has 0 bridgehead atoms. The molecule has 92 valence electrons. The van der Waals surface area contributed by atoms with Gasteiger partial charge in [0.15, 0.2) is 5.65 Å². The second-order valence-electron chi connectivity index (χ2n) is 3.92. The standard InChI is InChI=1S/C12H18N4O/c1-3-17-8-4-7-13-12-14-11-6-5-10(2)9-16(11)15-12/h5-6,9H,3-4,7-8H2,1-2H3,(H,13,15). The average molecular weight is 234 g/mol. The molecule has 0 saturated heterocycles. The van der Waals surface area contributed by atoms with Gasteiger partial charge in [-0.1, -0.05) is 6.07 Å². The zero-order valence-corrected chi connectivity index (χ0v) is 10.3. The summed E-state index contributed by atoms with van der Waals surface area (Å²) in [6.07, 6.45) is 2.93. The summed E-state index contributed by atoms with van der Waals surface area (Å²) in [5.74, 6) is 0.673. The maximum absolute atomic E-state index is 5.26. The smallest absolute Gasteiger partial charge is 0.243 e. The number of hydrogen-bond donors (Lipinski definition) is 1. The SMILES string of the molecule is CCOCCCNc1nc2ccc(C)cn2n1. The van der Waals surface area contributed by atoms with E-state index < -0.39 is 0 Å². The molecule has 0 unspecified atom stereocenters. The van der Waals surface area contributed by atoms with Gasteiger partial charge in [0.2, 0.25) is 5.95 Å². The van der Waals surface area contributed by atoms with Crippen molar-refractivity contribution in [3.8, 4) is 0 Å². The number of rotatable bonds is 6. The van der Waals surface area contributed by atoms with Crippen LogP contribution in [0.15, 0.2) is 18.3 Å². The highest BCUT2D eigenvalue weighted by molar-refractivity contribution is 5.43. The molecule has 2 heterocycles. The van der Waals surface area contributed by atoms with Crippen molar-refractivity contribution in [2.24, 2.45) is 0 Å². The fourth-order valence-electron chi connectivity index (χ4n) is 1.58. The van der Waals surface area contributed by atoms with E-state index in [1.54, 1.807) is 4.52 Å². The van der Waals surface area contributed by atoms with Gasteiger partial charge in [0, 0.05) is 26.0 Å². The van der Waals surface area contributed by atoms with Crippen LogP contribution >= 0.6 is 0 Å². The fraction of sp³-hybridized carbons (Fsp3) is 0.500. The summed E-state index contributed by atoms with van der Waals surface area (Å²) in [4.78, 5) is 4.37. The Balaban J connectivity index is 1.91. The second-order valence-corrected chi connectivity index (χ2v) is 3.92. The average Bonchev–Trinajstić information content (AvgIpc) is 2.70. The van der Waals surface area contributed by atoms with Crippen molar-refractivity contribution in [2.45, 2.75) is 20.3 Å². The van der Waals surface area contributed by atoms with Gasteiger partial charge in [-0.05, 0) is 31.9 Å². The van der Waals surface area contributed by atoms with E-state index in [4.69, 9.17) is 4.74 Å². The number of nitrogens with zero attached hydrogens (tertiary/aromatic N) is 3. The van der Waals surface area contributed by atoms with Gasteiger partial charge in [-0.3, -0.25) is 0 Å². The van der Waals surface area contributed by atoms with E-state index in [0.29, 0.717) is 5.95 Å². The summed E-state index contributed by atoms with van der Waals surface area (Å²) in [5.41, 5.74) is 2.04. The molecule has 17 heavy (non-hydrogen) atoms. The van der Waals surface area contributed by atoms with Crippen LogP contribution in [0.2, 0.25) is 0 Å². The summed E-state index contributed by atoms with van der Waals surface area (Å²) < 4.78 is 7.05. The van der Waals surface area contributed by atoms with Crippen LogP contribution in [0.5, 0.6) is 0 Å². The summed E-state index contributed by atoms with van der Waals surface area (Å²) >= 11 is 0. The Morgan fingerprint density at radius 1 is 1.41 bits per heavy atom. The number of aryl methyl sites for hydroxylation is 1. The van der Waals surface area contributed by atoms with Gasteiger partial charge in [0.1, 0.15) is 0 Å². The van der Waals surface area contributed by atoms with E-state index in [0.717, 1.165) is 31.8 Å². The van der Waals surface area contributed by atoms with Crippen molar-refractivity contribution in [3.05, 3.63) is 23.9 Å². The fourth-order valence-corrected chi connectivity index (χ4v) is 1.58. The lowest BCUT2D eigenvalue weighted by Gasteiger charge is -2.01. The molecule has 0 radical (unpaired) electrons. The molecule has 0 aromatic carbocycles. The van der Waals surface area contributed by atoms with Gasteiger partial charge in [-0.25, -0.2) is 4.52 Å². The van der Waals surface area contributed by atoms with E-state index in [1.165, 1.54) is 5.56 Å². The van der Waals surface area contributed by atoms with Gasteiger partial charge in [0.25, 0.3) is 0 Å². The predicted octanol–water partition coefficient (Wildman–Crippen LogP) is 1.88. The van der Waals surface area contributed by atoms with Crippen molar-refractivity contribution in [3.63, 3.8) is 0 Å². The van der Waals surface area contributed by atoms with Crippen molar-refractivity contribution in [1.29, 1.82) is 0 Å². The lowest BCUT2D eigenvalue weighted by atomic mass is 10.3. The first-order valence-corrected chi connectivity index (χ1v) is 5.94. The van der Waals surface area contributed by atoms with Crippen LogP contribution in [0.3, 0.4) is 0 Å². The van der Waals surface area contributed by atoms with Crippen LogP contribution in [-0.4, -0.2) is 34.4 Å². The topological polar surface area (TPSA) is 51.5 Å². The molecule has 2 aromatic heterocycles.